The molecule has 0 heterocycles. The van der Waals surface area contributed by atoms with Crippen LogP contribution in [0, 0.1) is 0 Å². The van der Waals surface area contributed by atoms with E-state index in [1.165, 1.54) is 0 Å². The van der Waals surface area contributed by atoms with Gasteiger partial charge in [-0.1, -0.05) is 76.2 Å². The zero-order valence-electron chi connectivity index (χ0n) is 12.7. The number of carbonyl (C=O) groups excluding carboxylic acids is 1. The Labute approximate surface area is 121 Å². The molecule has 0 aromatic heterocycles. The third kappa shape index (κ3) is 2.82. The highest BCUT2D eigenvalue weighted by atomic mass is 16.1. The molecule has 2 rings (SSSR count). The summed E-state index contributed by atoms with van der Waals surface area (Å²) in [7, 11) is 0. The van der Waals surface area contributed by atoms with Crippen LogP contribution in [0.3, 0.4) is 0 Å². The van der Waals surface area contributed by atoms with Crippen molar-refractivity contribution in [3.63, 3.8) is 0 Å². The van der Waals surface area contributed by atoms with Gasteiger partial charge in [-0.3, -0.25) is 4.79 Å². The fraction of sp³-hybridized carbons (Fsp3) is 0.316. The monoisotopic (exact) mass is 266 g/mol. The van der Waals surface area contributed by atoms with Crippen molar-refractivity contribution in [3.05, 3.63) is 70.8 Å². The largest absolute Gasteiger partial charge is 0.289 e. The van der Waals surface area contributed by atoms with Gasteiger partial charge in [0, 0.05) is 11.1 Å². The second kappa shape index (κ2) is 6.04. The Hall–Kier alpha value is -1.89. The zero-order chi connectivity index (χ0) is 14.7. The summed E-state index contributed by atoms with van der Waals surface area (Å²) in [6.07, 6.45) is 0. The summed E-state index contributed by atoms with van der Waals surface area (Å²) in [6, 6.07) is 15.8. The van der Waals surface area contributed by atoms with E-state index in [1.54, 1.807) is 0 Å². The molecule has 0 saturated carbocycles. The van der Waals surface area contributed by atoms with E-state index in [9.17, 15) is 4.79 Å². The number of carbonyl (C=O) groups is 1. The number of rotatable bonds is 4. The van der Waals surface area contributed by atoms with Crippen molar-refractivity contribution in [2.75, 3.05) is 0 Å². The third-order valence-corrected chi connectivity index (χ3v) is 3.64. The lowest BCUT2D eigenvalue weighted by molar-refractivity contribution is 0.103. The van der Waals surface area contributed by atoms with Gasteiger partial charge in [-0.2, -0.15) is 0 Å². The van der Waals surface area contributed by atoms with Crippen LogP contribution in [0.15, 0.2) is 48.5 Å². The molecule has 0 N–H and O–H groups in total. The molecule has 104 valence electrons. The molecule has 0 aliphatic carbocycles. The lowest BCUT2D eigenvalue weighted by atomic mass is 9.85. The average Bonchev–Trinajstić information content (AvgIpc) is 2.46. The van der Waals surface area contributed by atoms with Gasteiger partial charge < -0.3 is 0 Å². The molecule has 0 unspecified atom stereocenters. The van der Waals surface area contributed by atoms with Crippen molar-refractivity contribution in [1.29, 1.82) is 0 Å². The van der Waals surface area contributed by atoms with Crippen LogP contribution in [0.4, 0.5) is 0 Å². The Morgan fingerprint density at radius 1 is 0.750 bits per heavy atom. The van der Waals surface area contributed by atoms with E-state index in [4.69, 9.17) is 0 Å². The predicted octanol–water partition coefficient (Wildman–Crippen LogP) is 5.16. The van der Waals surface area contributed by atoms with Crippen LogP contribution in [0.5, 0.6) is 0 Å². The highest BCUT2D eigenvalue weighted by Crippen LogP contribution is 2.29. The topological polar surface area (TPSA) is 17.1 Å². The molecule has 0 radical (unpaired) electrons. The number of benzene rings is 2. The average molecular weight is 266 g/mol. The summed E-state index contributed by atoms with van der Waals surface area (Å²) >= 11 is 0. The Morgan fingerprint density at radius 3 is 1.70 bits per heavy atom. The van der Waals surface area contributed by atoms with Crippen molar-refractivity contribution in [2.24, 2.45) is 0 Å². The summed E-state index contributed by atoms with van der Waals surface area (Å²) in [5, 5.41) is 0. The molecular formula is C19H22O. The Morgan fingerprint density at radius 2 is 1.25 bits per heavy atom. The van der Waals surface area contributed by atoms with Crippen LogP contribution >= 0.6 is 0 Å². The molecule has 20 heavy (non-hydrogen) atoms. The molecule has 0 saturated heterocycles. The SMILES string of the molecule is CC(C)c1cccc(C(C)C)c1C(=O)c1ccccc1. The highest BCUT2D eigenvalue weighted by Gasteiger charge is 2.20. The molecule has 1 heteroatoms. The summed E-state index contributed by atoms with van der Waals surface area (Å²) in [6.45, 7) is 8.56. The molecule has 0 aliphatic heterocycles. The minimum absolute atomic E-state index is 0.138. The minimum Gasteiger partial charge on any atom is -0.289 e. The third-order valence-electron chi connectivity index (χ3n) is 3.64. The van der Waals surface area contributed by atoms with E-state index in [0.717, 1.165) is 22.3 Å². The van der Waals surface area contributed by atoms with Crippen molar-refractivity contribution >= 4 is 5.78 Å². The van der Waals surface area contributed by atoms with E-state index in [1.807, 2.05) is 30.3 Å². The summed E-state index contributed by atoms with van der Waals surface area (Å²) in [4.78, 5) is 12.9. The van der Waals surface area contributed by atoms with Gasteiger partial charge >= 0.3 is 0 Å². The Bertz CT molecular complexity index is 568. The lowest BCUT2D eigenvalue weighted by Gasteiger charge is -2.18. The first-order valence-corrected chi connectivity index (χ1v) is 7.25. The summed E-state index contributed by atoms with van der Waals surface area (Å²) < 4.78 is 0. The Kier molecular flexibility index (Phi) is 4.39. The van der Waals surface area contributed by atoms with Crippen molar-refractivity contribution < 1.29 is 4.79 Å². The van der Waals surface area contributed by atoms with Gasteiger partial charge in [0.2, 0.25) is 0 Å². The van der Waals surface area contributed by atoms with Crippen LogP contribution in [0.1, 0.15) is 66.6 Å². The fourth-order valence-corrected chi connectivity index (χ4v) is 2.55. The number of hydrogen-bond acceptors (Lipinski definition) is 1. The van der Waals surface area contributed by atoms with E-state index in [-0.39, 0.29) is 5.78 Å². The van der Waals surface area contributed by atoms with E-state index in [0.29, 0.717) is 11.8 Å². The molecule has 0 spiro atoms. The van der Waals surface area contributed by atoms with Crippen LogP contribution in [0.2, 0.25) is 0 Å². The first-order chi connectivity index (χ1) is 9.52. The van der Waals surface area contributed by atoms with Gasteiger partial charge in [-0.15, -0.1) is 0 Å². The molecule has 0 atom stereocenters. The second-order valence-electron chi connectivity index (χ2n) is 5.82. The second-order valence-corrected chi connectivity index (χ2v) is 5.82. The maximum absolute atomic E-state index is 12.9. The molecule has 1 nitrogen and oxygen atoms in total. The van der Waals surface area contributed by atoms with Crippen LogP contribution in [-0.4, -0.2) is 5.78 Å². The van der Waals surface area contributed by atoms with Gasteiger partial charge in [0.05, 0.1) is 0 Å². The summed E-state index contributed by atoms with van der Waals surface area (Å²) in [5.74, 6) is 0.825. The standard InChI is InChI=1S/C19H22O/c1-13(2)16-11-8-12-17(14(3)4)18(16)19(20)15-9-6-5-7-10-15/h5-14H,1-4H3. The van der Waals surface area contributed by atoms with Crippen LogP contribution in [-0.2, 0) is 0 Å². The maximum atomic E-state index is 12.9. The number of ketones is 1. The van der Waals surface area contributed by atoms with E-state index < -0.39 is 0 Å². The normalized spacial score (nSPS) is 11.1. The van der Waals surface area contributed by atoms with Gasteiger partial charge in [-0.05, 0) is 23.0 Å². The van der Waals surface area contributed by atoms with Gasteiger partial charge in [0.15, 0.2) is 5.78 Å². The minimum atomic E-state index is 0.138. The van der Waals surface area contributed by atoms with Crippen molar-refractivity contribution in [1.82, 2.24) is 0 Å². The highest BCUT2D eigenvalue weighted by molar-refractivity contribution is 6.11. The van der Waals surface area contributed by atoms with Gasteiger partial charge in [0.1, 0.15) is 0 Å². The van der Waals surface area contributed by atoms with Crippen LogP contribution < -0.4 is 0 Å². The van der Waals surface area contributed by atoms with E-state index in [2.05, 4.69) is 45.9 Å². The smallest absolute Gasteiger partial charge is 0.193 e. The van der Waals surface area contributed by atoms with Gasteiger partial charge in [0.25, 0.3) is 0 Å². The predicted molar refractivity (Wildman–Crippen MR) is 84.5 cm³/mol. The molecule has 0 aliphatic rings. The maximum Gasteiger partial charge on any atom is 0.193 e. The molecule has 0 amide bonds. The van der Waals surface area contributed by atoms with Crippen molar-refractivity contribution in [3.8, 4) is 0 Å². The quantitative estimate of drug-likeness (QED) is 0.698. The zero-order valence-corrected chi connectivity index (χ0v) is 12.7. The molecule has 2 aromatic rings. The molecule has 2 aromatic carbocycles. The van der Waals surface area contributed by atoms with Gasteiger partial charge in [-0.25, -0.2) is 0 Å². The van der Waals surface area contributed by atoms with Crippen LogP contribution in [0.25, 0.3) is 0 Å². The molecule has 0 fully saturated rings. The first-order valence-electron chi connectivity index (χ1n) is 7.25. The number of hydrogen-bond donors (Lipinski definition) is 0. The fourth-order valence-electron chi connectivity index (χ4n) is 2.55. The molecular weight excluding hydrogens is 244 g/mol. The lowest BCUT2D eigenvalue weighted by Crippen LogP contribution is -2.11. The van der Waals surface area contributed by atoms with E-state index >= 15 is 0 Å². The summed E-state index contributed by atoms with van der Waals surface area (Å²) in [5.41, 5.74) is 3.95. The molecule has 0 bridgehead atoms. The van der Waals surface area contributed by atoms with Crippen molar-refractivity contribution in [2.45, 2.75) is 39.5 Å². The Balaban J connectivity index is 2.62. The first kappa shape index (κ1) is 14.5.